The molecule has 2 heterocycles. The molecule has 1 aromatic carbocycles. The van der Waals surface area contributed by atoms with Gasteiger partial charge in [-0.25, -0.2) is 4.98 Å². The van der Waals surface area contributed by atoms with E-state index in [-0.39, 0.29) is 5.82 Å². The van der Waals surface area contributed by atoms with Crippen LogP contribution in [0.25, 0.3) is 11.4 Å². The Balaban J connectivity index is 1.89. The monoisotopic (exact) mass is 302 g/mol. The molecule has 0 saturated heterocycles. The number of H-pyrrole nitrogens is 1. The van der Waals surface area contributed by atoms with Gasteiger partial charge in [0, 0.05) is 12.6 Å². The number of aromatic amines is 1. The summed E-state index contributed by atoms with van der Waals surface area (Å²) < 4.78 is 1.57. The third-order valence-corrected chi connectivity index (χ3v) is 3.77. The number of hydrogen-bond donors (Lipinski definition) is 1. The minimum atomic E-state index is -0.521. The molecule has 0 amide bonds. The van der Waals surface area contributed by atoms with Crippen LogP contribution < -0.4 is 0 Å². The van der Waals surface area contributed by atoms with Gasteiger partial charge in [-0.1, -0.05) is 30.3 Å². The normalized spacial score (nSPS) is 10.7. The van der Waals surface area contributed by atoms with E-state index in [1.54, 1.807) is 11.6 Å². The molecule has 21 heavy (non-hydrogen) atoms. The molecule has 1 N–H and O–H groups in total. The number of aromatic nitrogens is 5. The zero-order chi connectivity index (χ0) is 14.8. The Kier molecular flexibility index (Phi) is 3.40. The van der Waals surface area contributed by atoms with Crippen molar-refractivity contribution >= 4 is 17.6 Å². The van der Waals surface area contributed by atoms with E-state index in [4.69, 9.17) is 0 Å². The molecule has 0 atom stereocenters. The standard InChI is InChI=1S/C12H10N6O2S/c1-17-7-13-10(18(19)20)11(17)21-12-14-9(15-16-12)8-5-3-2-4-6-8/h2-7H,1H3,(H,14,15,16). The number of benzene rings is 1. The number of aryl methyl sites for hydroxylation is 1. The number of nitro groups is 1. The highest BCUT2D eigenvalue weighted by molar-refractivity contribution is 7.99. The van der Waals surface area contributed by atoms with Crippen LogP contribution in [0.2, 0.25) is 0 Å². The second-order valence-corrected chi connectivity index (χ2v) is 5.13. The van der Waals surface area contributed by atoms with Crippen molar-refractivity contribution < 1.29 is 4.92 Å². The van der Waals surface area contributed by atoms with E-state index in [0.29, 0.717) is 16.0 Å². The van der Waals surface area contributed by atoms with Gasteiger partial charge < -0.3 is 14.7 Å². The van der Waals surface area contributed by atoms with Crippen LogP contribution in [-0.2, 0) is 7.05 Å². The SMILES string of the molecule is Cn1cnc([N+](=O)[O-])c1Sc1n[nH]c(-c2ccccc2)n1. The van der Waals surface area contributed by atoms with Gasteiger partial charge in [0.25, 0.3) is 0 Å². The molecule has 0 unspecified atom stereocenters. The minimum Gasteiger partial charge on any atom is -0.358 e. The largest absolute Gasteiger partial charge is 0.396 e. The number of nitrogens with one attached hydrogen (secondary N) is 1. The van der Waals surface area contributed by atoms with Crippen molar-refractivity contribution in [2.75, 3.05) is 0 Å². The molecule has 3 aromatic rings. The fourth-order valence-corrected chi connectivity index (χ4v) is 2.56. The fourth-order valence-electron chi connectivity index (χ4n) is 1.75. The number of imidazole rings is 1. The Morgan fingerprint density at radius 3 is 2.81 bits per heavy atom. The van der Waals surface area contributed by atoms with Gasteiger partial charge in [0.1, 0.15) is 0 Å². The zero-order valence-corrected chi connectivity index (χ0v) is 11.7. The minimum absolute atomic E-state index is 0.200. The summed E-state index contributed by atoms with van der Waals surface area (Å²) >= 11 is 1.10. The highest BCUT2D eigenvalue weighted by Gasteiger charge is 2.22. The topological polar surface area (TPSA) is 103 Å². The van der Waals surface area contributed by atoms with Gasteiger partial charge >= 0.3 is 5.82 Å². The van der Waals surface area contributed by atoms with Crippen LogP contribution in [-0.4, -0.2) is 29.7 Å². The Morgan fingerprint density at radius 1 is 1.33 bits per heavy atom. The Morgan fingerprint density at radius 2 is 2.10 bits per heavy atom. The molecule has 3 rings (SSSR count). The predicted octanol–water partition coefficient (Wildman–Crippen LogP) is 2.26. The average molecular weight is 302 g/mol. The molecule has 0 spiro atoms. The third-order valence-electron chi connectivity index (χ3n) is 2.74. The summed E-state index contributed by atoms with van der Waals surface area (Å²) in [6.07, 6.45) is 1.39. The molecular formula is C12H10N6O2S. The number of rotatable bonds is 4. The Bertz CT molecular complexity index is 782. The summed E-state index contributed by atoms with van der Waals surface area (Å²) in [5.41, 5.74) is 0.899. The van der Waals surface area contributed by atoms with Crippen LogP contribution in [0.5, 0.6) is 0 Å². The molecule has 9 heteroatoms. The molecule has 8 nitrogen and oxygen atoms in total. The van der Waals surface area contributed by atoms with E-state index in [2.05, 4.69) is 20.2 Å². The first-order valence-corrected chi connectivity index (χ1v) is 6.78. The first kappa shape index (κ1) is 13.3. The maximum Gasteiger partial charge on any atom is 0.396 e. The lowest BCUT2D eigenvalue weighted by Crippen LogP contribution is -1.93. The van der Waals surface area contributed by atoms with Gasteiger partial charge in [-0.15, -0.1) is 5.10 Å². The molecular weight excluding hydrogens is 292 g/mol. The van der Waals surface area contributed by atoms with Gasteiger partial charge in [-0.3, -0.25) is 5.10 Å². The fraction of sp³-hybridized carbons (Fsp3) is 0.0833. The highest BCUT2D eigenvalue weighted by atomic mass is 32.2. The molecule has 0 fully saturated rings. The molecule has 0 aliphatic rings. The van der Waals surface area contributed by atoms with Crippen molar-refractivity contribution in [1.82, 2.24) is 24.7 Å². The number of nitrogens with zero attached hydrogens (tertiary/aromatic N) is 5. The van der Waals surface area contributed by atoms with Crippen LogP contribution >= 0.6 is 11.8 Å². The van der Waals surface area contributed by atoms with Gasteiger partial charge in [0.15, 0.2) is 10.9 Å². The molecule has 2 aromatic heterocycles. The smallest absolute Gasteiger partial charge is 0.358 e. The summed E-state index contributed by atoms with van der Waals surface area (Å²) in [7, 11) is 1.69. The average Bonchev–Trinajstić information content (AvgIpc) is 3.08. The molecule has 106 valence electrons. The second kappa shape index (κ2) is 5.37. The van der Waals surface area contributed by atoms with E-state index in [1.165, 1.54) is 6.33 Å². The van der Waals surface area contributed by atoms with Crippen molar-refractivity contribution in [3.8, 4) is 11.4 Å². The van der Waals surface area contributed by atoms with E-state index in [9.17, 15) is 10.1 Å². The lowest BCUT2D eigenvalue weighted by Gasteiger charge is -1.97. The maximum absolute atomic E-state index is 10.9. The first-order chi connectivity index (χ1) is 10.1. The molecule has 0 saturated carbocycles. The third kappa shape index (κ3) is 2.63. The molecule has 0 aliphatic carbocycles. The Labute approximate surface area is 123 Å². The van der Waals surface area contributed by atoms with Crippen LogP contribution in [0.1, 0.15) is 0 Å². The first-order valence-electron chi connectivity index (χ1n) is 5.96. The van der Waals surface area contributed by atoms with Crippen LogP contribution in [0.15, 0.2) is 46.8 Å². The van der Waals surface area contributed by atoms with Gasteiger partial charge in [-0.05, 0) is 21.7 Å². The lowest BCUT2D eigenvalue weighted by molar-refractivity contribution is -0.392. The van der Waals surface area contributed by atoms with Crippen molar-refractivity contribution in [1.29, 1.82) is 0 Å². The van der Waals surface area contributed by atoms with Gasteiger partial charge in [0.2, 0.25) is 11.5 Å². The van der Waals surface area contributed by atoms with E-state index in [0.717, 1.165) is 17.3 Å². The zero-order valence-electron chi connectivity index (χ0n) is 10.9. The van der Waals surface area contributed by atoms with Crippen molar-refractivity contribution in [2.24, 2.45) is 7.05 Å². The van der Waals surface area contributed by atoms with Crippen LogP contribution in [0, 0.1) is 10.1 Å². The van der Waals surface area contributed by atoms with Crippen LogP contribution in [0.3, 0.4) is 0 Å². The van der Waals surface area contributed by atoms with E-state index >= 15 is 0 Å². The summed E-state index contributed by atoms with van der Waals surface area (Å²) in [5.74, 6) is 0.413. The number of hydrogen-bond acceptors (Lipinski definition) is 6. The predicted molar refractivity (Wildman–Crippen MR) is 75.8 cm³/mol. The van der Waals surface area contributed by atoms with E-state index in [1.807, 2.05) is 30.3 Å². The summed E-state index contributed by atoms with van der Waals surface area (Å²) in [4.78, 5) is 18.5. The maximum atomic E-state index is 10.9. The van der Waals surface area contributed by atoms with Crippen molar-refractivity contribution in [3.63, 3.8) is 0 Å². The molecule has 0 aliphatic heterocycles. The quantitative estimate of drug-likeness (QED) is 0.585. The van der Waals surface area contributed by atoms with Crippen molar-refractivity contribution in [2.45, 2.75) is 10.2 Å². The van der Waals surface area contributed by atoms with Crippen LogP contribution in [0.4, 0.5) is 5.82 Å². The summed E-state index contributed by atoms with van der Waals surface area (Å²) in [6, 6.07) is 9.52. The van der Waals surface area contributed by atoms with Gasteiger partial charge in [-0.2, -0.15) is 0 Å². The van der Waals surface area contributed by atoms with E-state index < -0.39 is 4.92 Å². The summed E-state index contributed by atoms with van der Waals surface area (Å²) in [5, 5.41) is 18.6. The molecule has 0 radical (unpaired) electrons. The Hall–Kier alpha value is -2.68. The van der Waals surface area contributed by atoms with Crippen molar-refractivity contribution in [3.05, 3.63) is 46.8 Å². The molecule has 0 bridgehead atoms. The highest BCUT2D eigenvalue weighted by Crippen LogP contribution is 2.32. The lowest BCUT2D eigenvalue weighted by atomic mass is 10.2. The van der Waals surface area contributed by atoms with Gasteiger partial charge in [0.05, 0.1) is 0 Å². The summed E-state index contributed by atoms with van der Waals surface area (Å²) in [6.45, 7) is 0. The second-order valence-electron chi connectivity index (χ2n) is 4.18.